The van der Waals surface area contributed by atoms with Gasteiger partial charge in [-0.15, -0.1) is 0 Å². The van der Waals surface area contributed by atoms with Gasteiger partial charge in [0.2, 0.25) is 0 Å². The molecular formula is C17H19NO. The molecule has 0 aromatic heterocycles. The Bertz CT molecular complexity index is 538. The van der Waals surface area contributed by atoms with Gasteiger partial charge in [0.25, 0.3) is 0 Å². The first-order valence-corrected chi connectivity index (χ1v) is 6.91. The molecule has 0 spiro atoms. The van der Waals surface area contributed by atoms with Crippen LogP contribution in [0.25, 0.3) is 11.1 Å². The van der Waals surface area contributed by atoms with E-state index in [1.54, 1.807) is 0 Å². The molecule has 2 N–H and O–H groups in total. The molecule has 19 heavy (non-hydrogen) atoms. The third kappa shape index (κ3) is 2.64. The lowest BCUT2D eigenvalue weighted by Crippen LogP contribution is -2.33. The van der Waals surface area contributed by atoms with Crippen molar-refractivity contribution in [1.29, 1.82) is 0 Å². The summed E-state index contributed by atoms with van der Waals surface area (Å²) in [7, 11) is 0. The number of rotatable bonds is 3. The molecule has 1 fully saturated rings. The van der Waals surface area contributed by atoms with Crippen LogP contribution in [0, 0.1) is 0 Å². The first-order valence-electron chi connectivity index (χ1n) is 6.91. The Morgan fingerprint density at radius 2 is 1.63 bits per heavy atom. The summed E-state index contributed by atoms with van der Waals surface area (Å²) in [6, 6.07) is 18.7. The summed E-state index contributed by atoms with van der Waals surface area (Å²) < 4.78 is 6.15. The molecule has 1 saturated carbocycles. The van der Waals surface area contributed by atoms with Gasteiger partial charge in [-0.1, -0.05) is 48.5 Å². The molecule has 2 nitrogen and oxygen atoms in total. The van der Waals surface area contributed by atoms with Gasteiger partial charge in [-0.05, 0) is 30.9 Å². The number of ether oxygens (including phenoxy) is 1. The number of hydrogen-bond donors (Lipinski definition) is 1. The van der Waals surface area contributed by atoms with Crippen molar-refractivity contribution in [3.05, 3.63) is 54.6 Å². The molecule has 0 amide bonds. The molecule has 3 rings (SSSR count). The third-order valence-corrected chi connectivity index (χ3v) is 3.75. The summed E-state index contributed by atoms with van der Waals surface area (Å²) in [6.07, 6.45) is 3.45. The van der Waals surface area contributed by atoms with E-state index in [9.17, 15) is 0 Å². The van der Waals surface area contributed by atoms with Gasteiger partial charge < -0.3 is 10.5 Å². The third-order valence-electron chi connectivity index (χ3n) is 3.75. The van der Waals surface area contributed by atoms with Crippen molar-refractivity contribution in [1.82, 2.24) is 0 Å². The van der Waals surface area contributed by atoms with Crippen molar-refractivity contribution in [2.45, 2.75) is 31.4 Å². The zero-order valence-electron chi connectivity index (χ0n) is 11.0. The molecule has 2 aromatic carbocycles. The van der Waals surface area contributed by atoms with Crippen LogP contribution in [0.1, 0.15) is 19.3 Å². The summed E-state index contributed by atoms with van der Waals surface area (Å²) in [5.74, 6) is 0.941. The van der Waals surface area contributed by atoms with Crippen LogP contribution in [0.3, 0.4) is 0 Å². The highest BCUT2D eigenvalue weighted by Crippen LogP contribution is 2.32. The van der Waals surface area contributed by atoms with Crippen molar-refractivity contribution in [2.75, 3.05) is 0 Å². The number of para-hydroxylation sites is 1. The predicted octanol–water partition coefficient (Wildman–Crippen LogP) is 3.61. The van der Waals surface area contributed by atoms with Crippen LogP contribution in [0.5, 0.6) is 5.75 Å². The first-order chi connectivity index (χ1) is 9.34. The van der Waals surface area contributed by atoms with Crippen LogP contribution in [0.4, 0.5) is 0 Å². The maximum absolute atomic E-state index is 6.15. The van der Waals surface area contributed by atoms with Crippen molar-refractivity contribution < 1.29 is 4.74 Å². The molecule has 2 aromatic rings. The van der Waals surface area contributed by atoms with Crippen molar-refractivity contribution in [2.24, 2.45) is 5.73 Å². The van der Waals surface area contributed by atoms with E-state index < -0.39 is 0 Å². The molecule has 0 saturated heterocycles. The molecule has 0 bridgehead atoms. The van der Waals surface area contributed by atoms with Crippen LogP contribution in [-0.2, 0) is 0 Å². The maximum Gasteiger partial charge on any atom is 0.127 e. The molecule has 0 aliphatic heterocycles. The minimum Gasteiger partial charge on any atom is -0.488 e. The Labute approximate surface area is 114 Å². The summed E-state index contributed by atoms with van der Waals surface area (Å²) in [5, 5.41) is 0. The van der Waals surface area contributed by atoms with Crippen LogP contribution >= 0.6 is 0 Å². The van der Waals surface area contributed by atoms with Gasteiger partial charge in [-0.2, -0.15) is 0 Å². The highest BCUT2D eigenvalue weighted by molar-refractivity contribution is 5.70. The quantitative estimate of drug-likeness (QED) is 0.907. The van der Waals surface area contributed by atoms with Gasteiger partial charge in [0.05, 0.1) is 0 Å². The van der Waals surface area contributed by atoms with E-state index in [1.807, 2.05) is 36.4 Å². The molecule has 2 unspecified atom stereocenters. The second-order valence-corrected chi connectivity index (χ2v) is 5.11. The topological polar surface area (TPSA) is 35.2 Å². The van der Waals surface area contributed by atoms with E-state index in [2.05, 4.69) is 18.2 Å². The highest BCUT2D eigenvalue weighted by atomic mass is 16.5. The van der Waals surface area contributed by atoms with E-state index >= 15 is 0 Å². The molecule has 2 atom stereocenters. The monoisotopic (exact) mass is 253 g/mol. The lowest BCUT2D eigenvalue weighted by molar-refractivity contribution is 0.192. The van der Waals surface area contributed by atoms with Gasteiger partial charge >= 0.3 is 0 Å². The van der Waals surface area contributed by atoms with Crippen molar-refractivity contribution >= 4 is 0 Å². The largest absolute Gasteiger partial charge is 0.488 e. The summed E-state index contributed by atoms with van der Waals surface area (Å²) in [5.41, 5.74) is 8.42. The van der Waals surface area contributed by atoms with Crippen LogP contribution in [-0.4, -0.2) is 12.1 Å². The Kier molecular flexibility index (Phi) is 3.51. The van der Waals surface area contributed by atoms with Crippen LogP contribution in [0.2, 0.25) is 0 Å². The molecule has 1 aliphatic rings. The maximum atomic E-state index is 6.15. The first kappa shape index (κ1) is 12.2. The Balaban J connectivity index is 1.89. The standard InChI is InChI=1S/C17H19NO/c18-15-10-6-12-17(15)19-16-11-5-4-9-14(16)13-7-2-1-3-8-13/h1-5,7-9,11,15,17H,6,10,12,18H2. The zero-order chi connectivity index (χ0) is 13.1. The van der Waals surface area contributed by atoms with E-state index in [4.69, 9.17) is 10.5 Å². The lowest BCUT2D eigenvalue weighted by atomic mass is 10.0. The van der Waals surface area contributed by atoms with E-state index in [0.29, 0.717) is 0 Å². The van der Waals surface area contributed by atoms with Crippen LogP contribution < -0.4 is 10.5 Å². The van der Waals surface area contributed by atoms with Gasteiger partial charge in [-0.3, -0.25) is 0 Å². The second kappa shape index (κ2) is 5.45. The number of benzene rings is 2. The Hall–Kier alpha value is -1.80. The minimum atomic E-state index is 0.157. The van der Waals surface area contributed by atoms with Gasteiger partial charge in [0.1, 0.15) is 11.9 Å². The summed E-state index contributed by atoms with van der Waals surface area (Å²) in [4.78, 5) is 0. The average Bonchev–Trinajstić information content (AvgIpc) is 2.86. The summed E-state index contributed by atoms with van der Waals surface area (Å²) in [6.45, 7) is 0. The fraction of sp³-hybridized carbons (Fsp3) is 0.294. The van der Waals surface area contributed by atoms with Crippen molar-refractivity contribution in [3.8, 4) is 16.9 Å². The van der Waals surface area contributed by atoms with Crippen LogP contribution in [0.15, 0.2) is 54.6 Å². The number of nitrogens with two attached hydrogens (primary N) is 1. The SMILES string of the molecule is NC1CCCC1Oc1ccccc1-c1ccccc1. The van der Waals surface area contributed by atoms with Crippen molar-refractivity contribution in [3.63, 3.8) is 0 Å². The zero-order valence-corrected chi connectivity index (χ0v) is 11.0. The summed E-state index contributed by atoms with van der Waals surface area (Å²) >= 11 is 0. The second-order valence-electron chi connectivity index (χ2n) is 5.11. The smallest absolute Gasteiger partial charge is 0.127 e. The van der Waals surface area contributed by atoms with E-state index in [0.717, 1.165) is 24.2 Å². The Morgan fingerprint density at radius 1 is 0.895 bits per heavy atom. The molecule has 1 aliphatic carbocycles. The van der Waals surface area contributed by atoms with E-state index in [1.165, 1.54) is 12.0 Å². The predicted molar refractivity (Wildman–Crippen MR) is 78.1 cm³/mol. The van der Waals surface area contributed by atoms with Gasteiger partial charge in [-0.25, -0.2) is 0 Å². The molecular weight excluding hydrogens is 234 g/mol. The fourth-order valence-electron chi connectivity index (χ4n) is 2.69. The number of hydrogen-bond acceptors (Lipinski definition) is 2. The Morgan fingerprint density at radius 3 is 2.37 bits per heavy atom. The lowest BCUT2D eigenvalue weighted by Gasteiger charge is -2.20. The average molecular weight is 253 g/mol. The molecule has 0 radical (unpaired) electrons. The normalized spacial score (nSPS) is 22.4. The molecule has 98 valence electrons. The highest BCUT2D eigenvalue weighted by Gasteiger charge is 2.26. The van der Waals surface area contributed by atoms with Gasteiger partial charge in [0, 0.05) is 11.6 Å². The fourth-order valence-corrected chi connectivity index (χ4v) is 2.69. The molecule has 2 heteroatoms. The minimum absolute atomic E-state index is 0.157. The molecule has 0 heterocycles. The van der Waals surface area contributed by atoms with Gasteiger partial charge in [0.15, 0.2) is 0 Å². The van der Waals surface area contributed by atoms with E-state index in [-0.39, 0.29) is 12.1 Å².